The number of amides is 1. The average Bonchev–Trinajstić information content (AvgIpc) is 2.61. The molecular weight excluding hydrogens is 308 g/mol. The van der Waals surface area contributed by atoms with Gasteiger partial charge in [-0.3, -0.25) is 4.79 Å². The number of quaternary nitrogens is 1. The van der Waals surface area contributed by atoms with Crippen molar-refractivity contribution in [2.45, 2.75) is 39.7 Å². The van der Waals surface area contributed by atoms with Crippen LogP contribution < -0.4 is 10.2 Å². The maximum Gasteiger partial charge on any atom is 0.287 e. The third-order valence-corrected chi connectivity index (χ3v) is 5.37. The fraction of sp³-hybridized carbons (Fsp3) is 0.409. The predicted octanol–water partition coefficient (Wildman–Crippen LogP) is 3.30. The highest BCUT2D eigenvalue weighted by Crippen LogP contribution is 2.20. The van der Waals surface area contributed by atoms with Gasteiger partial charge >= 0.3 is 0 Å². The number of aryl methyl sites for hydroxylation is 2. The molecule has 0 spiro atoms. The van der Waals surface area contributed by atoms with Crippen molar-refractivity contribution < 1.29 is 9.69 Å². The molecule has 0 unspecified atom stereocenters. The first-order valence-electron chi connectivity index (χ1n) is 9.32. The van der Waals surface area contributed by atoms with Crippen molar-refractivity contribution in [2.24, 2.45) is 5.92 Å². The first-order valence-corrected chi connectivity index (χ1v) is 9.32. The normalized spacial score (nSPS) is 21.6. The summed E-state index contributed by atoms with van der Waals surface area (Å²) in [6.07, 6.45) is 2.38. The molecule has 3 heteroatoms. The predicted molar refractivity (Wildman–Crippen MR) is 103 cm³/mol. The molecule has 0 bridgehead atoms. The third-order valence-electron chi connectivity index (χ3n) is 5.37. The van der Waals surface area contributed by atoms with Gasteiger partial charge in [-0.1, -0.05) is 49.4 Å². The van der Waals surface area contributed by atoms with Gasteiger partial charge in [0.2, 0.25) is 0 Å². The SMILES string of the molecule is Cc1ccc(C)c(NC(=O)[C@H](c2ccccc2)[NH+]2CCC(C)CC2)c1. The van der Waals surface area contributed by atoms with E-state index in [0.717, 1.165) is 41.4 Å². The lowest BCUT2D eigenvalue weighted by atomic mass is 9.95. The van der Waals surface area contributed by atoms with Crippen LogP contribution >= 0.6 is 0 Å². The van der Waals surface area contributed by atoms with Crippen molar-refractivity contribution >= 4 is 11.6 Å². The van der Waals surface area contributed by atoms with Crippen LogP contribution in [-0.4, -0.2) is 19.0 Å². The molecule has 25 heavy (non-hydrogen) atoms. The van der Waals surface area contributed by atoms with Gasteiger partial charge in [0.1, 0.15) is 0 Å². The summed E-state index contributed by atoms with van der Waals surface area (Å²) in [4.78, 5) is 14.6. The molecule has 2 aromatic rings. The van der Waals surface area contributed by atoms with Gasteiger partial charge < -0.3 is 10.2 Å². The van der Waals surface area contributed by atoms with Crippen LogP contribution in [0.3, 0.4) is 0 Å². The lowest BCUT2D eigenvalue weighted by Gasteiger charge is -2.33. The Bertz CT molecular complexity index is 718. The zero-order chi connectivity index (χ0) is 17.8. The maximum absolute atomic E-state index is 13.2. The minimum Gasteiger partial charge on any atom is -0.321 e. The van der Waals surface area contributed by atoms with Gasteiger partial charge in [0.05, 0.1) is 13.1 Å². The number of anilines is 1. The van der Waals surface area contributed by atoms with Gasteiger partial charge in [-0.15, -0.1) is 0 Å². The van der Waals surface area contributed by atoms with Gasteiger partial charge in [-0.25, -0.2) is 0 Å². The fourth-order valence-electron chi connectivity index (χ4n) is 3.71. The van der Waals surface area contributed by atoms with E-state index in [1.54, 1.807) is 0 Å². The summed E-state index contributed by atoms with van der Waals surface area (Å²) in [6, 6.07) is 16.3. The molecule has 0 aliphatic carbocycles. The minimum atomic E-state index is -0.145. The molecule has 1 saturated heterocycles. The van der Waals surface area contributed by atoms with Crippen LogP contribution in [0.15, 0.2) is 48.5 Å². The second-order valence-electron chi connectivity index (χ2n) is 7.49. The number of nitrogens with one attached hydrogen (secondary N) is 2. The molecule has 1 fully saturated rings. The van der Waals surface area contributed by atoms with E-state index in [4.69, 9.17) is 0 Å². The first kappa shape index (κ1) is 17.7. The van der Waals surface area contributed by atoms with Crippen molar-refractivity contribution in [3.8, 4) is 0 Å². The van der Waals surface area contributed by atoms with Crippen LogP contribution in [0.1, 0.15) is 42.5 Å². The van der Waals surface area contributed by atoms with Crippen LogP contribution in [0.4, 0.5) is 5.69 Å². The summed E-state index contributed by atoms with van der Waals surface area (Å²) >= 11 is 0. The summed E-state index contributed by atoms with van der Waals surface area (Å²) in [6.45, 7) is 8.52. The minimum absolute atomic E-state index is 0.101. The summed E-state index contributed by atoms with van der Waals surface area (Å²) in [5.41, 5.74) is 4.30. The fourth-order valence-corrected chi connectivity index (χ4v) is 3.71. The average molecular weight is 337 g/mol. The van der Waals surface area contributed by atoms with Crippen molar-refractivity contribution in [3.05, 3.63) is 65.2 Å². The van der Waals surface area contributed by atoms with E-state index in [-0.39, 0.29) is 11.9 Å². The van der Waals surface area contributed by atoms with Crippen LogP contribution in [-0.2, 0) is 4.79 Å². The highest BCUT2D eigenvalue weighted by Gasteiger charge is 2.34. The topological polar surface area (TPSA) is 33.5 Å². The van der Waals surface area contributed by atoms with Gasteiger partial charge in [-0.2, -0.15) is 0 Å². The molecule has 2 aromatic carbocycles. The molecule has 0 saturated carbocycles. The Kier molecular flexibility index (Phi) is 5.54. The highest BCUT2D eigenvalue weighted by molar-refractivity contribution is 5.95. The number of likely N-dealkylation sites (tertiary alicyclic amines) is 1. The molecule has 3 nitrogen and oxygen atoms in total. The van der Waals surface area contributed by atoms with Gasteiger partial charge in [0, 0.05) is 11.3 Å². The van der Waals surface area contributed by atoms with Crippen LogP contribution in [0, 0.1) is 19.8 Å². The summed E-state index contributed by atoms with van der Waals surface area (Å²) < 4.78 is 0. The molecule has 2 N–H and O–H groups in total. The molecule has 1 atom stereocenters. The number of carbonyl (C=O) groups is 1. The Morgan fingerprint density at radius 2 is 1.76 bits per heavy atom. The molecule has 132 valence electrons. The third kappa shape index (κ3) is 4.29. The highest BCUT2D eigenvalue weighted by atomic mass is 16.2. The molecule has 3 rings (SSSR count). The monoisotopic (exact) mass is 337 g/mol. The Morgan fingerprint density at radius 3 is 2.44 bits per heavy atom. The molecule has 0 aromatic heterocycles. The van der Waals surface area contributed by atoms with Crippen molar-refractivity contribution in [2.75, 3.05) is 18.4 Å². The van der Waals surface area contributed by atoms with Crippen molar-refractivity contribution in [1.29, 1.82) is 0 Å². The molecule has 1 heterocycles. The van der Waals surface area contributed by atoms with Crippen LogP contribution in [0.2, 0.25) is 0 Å². The van der Waals surface area contributed by atoms with E-state index in [2.05, 4.69) is 49.5 Å². The molecular formula is C22H29N2O+. The van der Waals surface area contributed by atoms with Crippen LogP contribution in [0.25, 0.3) is 0 Å². The number of hydrogen-bond acceptors (Lipinski definition) is 1. The number of benzene rings is 2. The Hall–Kier alpha value is -2.13. The van der Waals surface area contributed by atoms with Crippen molar-refractivity contribution in [3.63, 3.8) is 0 Å². The van der Waals surface area contributed by atoms with Gasteiger partial charge in [-0.05, 0) is 49.8 Å². The Balaban J connectivity index is 1.86. The smallest absolute Gasteiger partial charge is 0.287 e. The second kappa shape index (κ2) is 7.83. The standard InChI is InChI=1S/C22H28N2O/c1-16-11-13-24(14-12-16)21(19-7-5-4-6-8-19)22(25)23-20-15-17(2)9-10-18(20)3/h4-10,15-16,21H,11-14H2,1-3H3,(H,23,25)/p+1/t21-/m0/s1. The Labute approximate surface area is 151 Å². The van der Waals surface area contributed by atoms with Gasteiger partial charge in [0.25, 0.3) is 5.91 Å². The lowest BCUT2D eigenvalue weighted by Crippen LogP contribution is -3.14. The molecule has 1 amide bonds. The quantitative estimate of drug-likeness (QED) is 0.882. The molecule has 1 aliphatic heterocycles. The lowest BCUT2D eigenvalue weighted by molar-refractivity contribution is -0.927. The summed E-state index contributed by atoms with van der Waals surface area (Å²) in [5.74, 6) is 0.867. The Morgan fingerprint density at radius 1 is 1.08 bits per heavy atom. The van der Waals surface area contributed by atoms with E-state index >= 15 is 0 Å². The number of carbonyl (C=O) groups excluding carboxylic acids is 1. The van der Waals surface area contributed by atoms with Crippen LogP contribution in [0.5, 0.6) is 0 Å². The summed E-state index contributed by atoms with van der Waals surface area (Å²) in [5, 5.41) is 3.20. The maximum atomic E-state index is 13.2. The summed E-state index contributed by atoms with van der Waals surface area (Å²) in [7, 11) is 0. The van der Waals surface area contributed by atoms with Gasteiger partial charge in [0.15, 0.2) is 6.04 Å². The largest absolute Gasteiger partial charge is 0.321 e. The molecule has 0 radical (unpaired) electrons. The van der Waals surface area contributed by atoms with E-state index < -0.39 is 0 Å². The number of piperidine rings is 1. The van der Waals surface area contributed by atoms with E-state index in [1.807, 2.05) is 25.1 Å². The first-order chi connectivity index (χ1) is 12.0. The zero-order valence-electron chi connectivity index (χ0n) is 15.5. The second-order valence-corrected chi connectivity index (χ2v) is 7.49. The number of rotatable bonds is 4. The van der Waals surface area contributed by atoms with E-state index in [1.165, 1.54) is 17.7 Å². The zero-order valence-corrected chi connectivity index (χ0v) is 15.5. The molecule has 1 aliphatic rings. The van der Waals surface area contributed by atoms with Crippen molar-refractivity contribution in [1.82, 2.24) is 0 Å². The van der Waals surface area contributed by atoms with E-state index in [0.29, 0.717) is 0 Å². The number of hydrogen-bond donors (Lipinski definition) is 2. The van der Waals surface area contributed by atoms with E-state index in [9.17, 15) is 4.79 Å².